The number of Topliss-reactive ketones (excluding diaryl/α,β-unsaturated/α-hetero) is 1. The van der Waals surface area contributed by atoms with Crippen LogP contribution in [0.3, 0.4) is 0 Å². The Morgan fingerprint density at radius 3 is 2.88 bits per heavy atom. The van der Waals surface area contributed by atoms with E-state index in [0.29, 0.717) is 6.42 Å². The number of thiophene rings is 1. The Kier molecular flexibility index (Phi) is 3.92. The van der Waals surface area contributed by atoms with E-state index in [1.165, 1.54) is 15.6 Å². The molecule has 1 unspecified atom stereocenters. The van der Waals surface area contributed by atoms with Crippen molar-refractivity contribution in [2.75, 3.05) is 7.05 Å². The van der Waals surface area contributed by atoms with Gasteiger partial charge in [-0.25, -0.2) is 0 Å². The second kappa shape index (κ2) is 5.43. The van der Waals surface area contributed by atoms with E-state index in [4.69, 9.17) is 0 Å². The number of ketones is 1. The van der Waals surface area contributed by atoms with Crippen LogP contribution in [0.15, 0.2) is 29.6 Å². The summed E-state index contributed by atoms with van der Waals surface area (Å²) in [6.07, 6.45) is 1.38. The van der Waals surface area contributed by atoms with Gasteiger partial charge in [0, 0.05) is 11.1 Å². The number of hydrogen-bond donors (Lipinski definition) is 1. The summed E-state index contributed by atoms with van der Waals surface area (Å²) in [5.74, 6) is 0.280. The van der Waals surface area contributed by atoms with Crippen LogP contribution in [-0.4, -0.2) is 18.9 Å². The molecule has 1 heterocycles. The third kappa shape index (κ3) is 2.56. The Labute approximate surface area is 106 Å². The average Bonchev–Trinajstić information content (AvgIpc) is 2.78. The molecule has 0 aliphatic carbocycles. The van der Waals surface area contributed by atoms with Crippen molar-refractivity contribution in [1.82, 2.24) is 5.32 Å². The number of carbonyl (C=O) groups excluding carboxylic acids is 1. The third-order valence-corrected chi connectivity index (χ3v) is 4.08. The average molecular weight is 247 g/mol. The van der Waals surface area contributed by atoms with Gasteiger partial charge >= 0.3 is 0 Å². The first kappa shape index (κ1) is 12.3. The smallest absolute Gasteiger partial charge is 0.149 e. The molecule has 0 aliphatic heterocycles. The molecule has 0 amide bonds. The molecule has 0 bridgehead atoms. The molecule has 1 aromatic carbocycles. The van der Waals surface area contributed by atoms with Crippen LogP contribution >= 0.6 is 11.3 Å². The van der Waals surface area contributed by atoms with Crippen LogP contribution in [0.5, 0.6) is 0 Å². The summed E-state index contributed by atoms with van der Waals surface area (Å²) in [4.78, 5) is 11.7. The SMILES string of the molecule is CCC(=O)C(Cc1csc2ccccc12)NC. The van der Waals surface area contributed by atoms with E-state index < -0.39 is 0 Å². The highest BCUT2D eigenvalue weighted by Crippen LogP contribution is 2.26. The fourth-order valence-corrected chi connectivity index (χ4v) is 3.01. The molecule has 90 valence electrons. The Hall–Kier alpha value is -1.19. The van der Waals surface area contributed by atoms with E-state index in [0.717, 1.165) is 6.42 Å². The highest BCUT2D eigenvalue weighted by Gasteiger charge is 2.16. The third-order valence-electron chi connectivity index (χ3n) is 3.07. The zero-order valence-corrected chi connectivity index (χ0v) is 11.0. The van der Waals surface area contributed by atoms with Gasteiger partial charge in [0.15, 0.2) is 0 Å². The fraction of sp³-hybridized carbons (Fsp3) is 0.357. The van der Waals surface area contributed by atoms with E-state index in [-0.39, 0.29) is 11.8 Å². The van der Waals surface area contributed by atoms with Crippen LogP contribution in [-0.2, 0) is 11.2 Å². The Bertz CT molecular complexity index is 518. The van der Waals surface area contributed by atoms with Crippen LogP contribution in [0.25, 0.3) is 10.1 Å². The summed E-state index contributed by atoms with van der Waals surface area (Å²) < 4.78 is 1.29. The molecule has 0 aliphatic rings. The zero-order chi connectivity index (χ0) is 12.3. The van der Waals surface area contributed by atoms with Crippen LogP contribution < -0.4 is 5.32 Å². The van der Waals surface area contributed by atoms with Gasteiger partial charge in [0.2, 0.25) is 0 Å². The monoisotopic (exact) mass is 247 g/mol. The van der Waals surface area contributed by atoms with Crippen molar-refractivity contribution in [1.29, 1.82) is 0 Å². The highest BCUT2D eigenvalue weighted by molar-refractivity contribution is 7.17. The standard InChI is InChI=1S/C14H17NOS/c1-3-13(16)12(15-2)8-10-9-17-14-7-5-4-6-11(10)14/h4-7,9,12,15H,3,8H2,1-2H3. The second-order valence-electron chi connectivity index (χ2n) is 4.12. The van der Waals surface area contributed by atoms with Crippen molar-refractivity contribution in [2.45, 2.75) is 25.8 Å². The van der Waals surface area contributed by atoms with E-state index >= 15 is 0 Å². The molecule has 1 aromatic heterocycles. The Balaban J connectivity index is 2.25. The van der Waals surface area contributed by atoms with Gasteiger partial charge in [-0.05, 0) is 35.9 Å². The molecule has 2 aromatic rings. The first-order chi connectivity index (χ1) is 8.26. The largest absolute Gasteiger partial charge is 0.310 e. The molecule has 2 rings (SSSR count). The molecule has 1 N–H and O–H groups in total. The van der Waals surface area contributed by atoms with Gasteiger partial charge in [-0.15, -0.1) is 11.3 Å². The molecule has 0 saturated heterocycles. The van der Waals surface area contributed by atoms with Crippen LogP contribution in [0.4, 0.5) is 0 Å². The lowest BCUT2D eigenvalue weighted by molar-refractivity contribution is -0.120. The lowest BCUT2D eigenvalue weighted by Gasteiger charge is -2.13. The second-order valence-corrected chi connectivity index (χ2v) is 5.03. The zero-order valence-electron chi connectivity index (χ0n) is 10.2. The number of nitrogens with one attached hydrogen (secondary N) is 1. The quantitative estimate of drug-likeness (QED) is 0.880. The maximum Gasteiger partial charge on any atom is 0.149 e. The van der Waals surface area contributed by atoms with Gasteiger partial charge in [0.1, 0.15) is 5.78 Å². The predicted octanol–water partition coefficient (Wildman–Crippen LogP) is 3.01. The first-order valence-electron chi connectivity index (χ1n) is 5.91. The lowest BCUT2D eigenvalue weighted by Crippen LogP contribution is -2.35. The minimum atomic E-state index is -0.0574. The van der Waals surface area contributed by atoms with Crippen molar-refractivity contribution in [3.8, 4) is 0 Å². The number of likely N-dealkylation sites (N-methyl/N-ethyl adjacent to an activating group) is 1. The van der Waals surface area contributed by atoms with Gasteiger partial charge in [-0.1, -0.05) is 25.1 Å². The van der Waals surface area contributed by atoms with E-state index in [9.17, 15) is 4.79 Å². The van der Waals surface area contributed by atoms with Crippen molar-refractivity contribution in [3.05, 3.63) is 35.2 Å². The summed E-state index contributed by atoms with van der Waals surface area (Å²) in [7, 11) is 1.85. The van der Waals surface area contributed by atoms with E-state index in [2.05, 4.69) is 35.0 Å². The van der Waals surface area contributed by atoms with Crippen LogP contribution in [0.1, 0.15) is 18.9 Å². The number of benzene rings is 1. The molecule has 0 spiro atoms. The minimum Gasteiger partial charge on any atom is -0.310 e. The van der Waals surface area contributed by atoms with Gasteiger partial charge < -0.3 is 5.32 Å². The fourth-order valence-electron chi connectivity index (χ4n) is 2.03. The number of fused-ring (bicyclic) bond motifs is 1. The van der Waals surface area contributed by atoms with Crippen molar-refractivity contribution >= 4 is 27.2 Å². The van der Waals surface area contributed by atoms with Crippen LogP contribution in [0.2, 0.25) is 0 Å². The van der Waals surface area contributed by atoms with E-state index in [1.54, 1.807) is 11.3 Å². The molecule has 2 nitrogen and oxygen atoms in total. The lowest BCUT2D eigenvalue weighted by atomic mass is 10.0. The number of rotatable bonds is 5. The van der Waals surface area contributed by atoms with Gasteiger partial charge in [-0.3, -0.25) is 4.79 Å². The summed E-state index contributed by atoms with van der Waals surface area (Å²) in [6, 6.07) is 8.30. The van der Waals surface area contributed by atoms with Crippen molar-refractivity contribution < 1.29 is 4.79 Å². The molecule has 0 fully saturated rings. The van der Waals surface area contributed by atoms with E-state index in [1.807, 2.05) is 14.0 Å². The Morgan fingerprint density at radius 2 is 2.18 bits per heavy atom. The highest BCUT2D eigenvalue weighted by atomic mass is 32.1. The molecule has 0 radical (unpaired) electrons. The minimum absolute atomic E-state index is 0.0574. The Morgan fingerprint density at radius 1 is 1.41 bits per heavy atom. The van der Waals surface area contributed by atoms with Crippen molar-refractivity contribution in [3.63, 3.8) is 0 Å². The number of carbonyl (C=O) groups is 1. The van der Waals surface area contributed by atoms with Gasteiger partial charge in [0.25, 0.3) is 0 Å². The van der Waals surface area contributed by atoms with Crippen LogP contribution in [0, 0.1) is 0 Å². The summed E-state index contributed by atoms with van der Waals surface area (Å²) >= 11 is 1.75. The molecule has 0 saturated carbocycles. The maximum atomic E-state index is 11.7. The van der Waals surface area contributed by atoms with Crippen molar-refractivity contribution in [2.24, 2.45) is 0 Å². The van der Waals surface area contributed by atoms with Gasteiger partial charge in [0.05, 0.1) is 6.04 Å². The topological polar surface area (TPSA) is 29.1 Å². The summed E-state index contributed by atoms with van der Waals surface area (Å²) in [5.41, 5.74) is 1.27. The first-order valence-corrected chi connectivity index (χ1v) is 6.79. The molecule has 1 atom stereocenters. The molecular formula is C14H17NOS. The van der Waals surface area contributed by atoms with Gasteiger partial charge in [-0.2, -0.15) is 0 Å². The summed E-state index contributed by atoms with van der Waals surface area (Å²) in [5, 5.41) is 6.55. The summed E-state index contributed by atoms with van der Waals surface area (Å²) in [6.45, 7) is 1.92. The molecule has 17 heavy (non-hydrogen) atoms. The number of hydrogen-bond acceptors (Lipinski definition) is 3. The molecular weight excluding hydrogens is 230 g/mol. The molecule has 3 heteroatoms. The maximum absolute atomic E-state index is 11.7. The predicted molar refractivity (Wildman–Crippen MR) is 73.7 cm³/mol. The normalized spacial score (nSPS) is 12.8.